The van der Waals surface area contributed by atoms with Crippen molar-refractivity contribution in [3.05, 3.63) is 24.3 Å². The van der Waals surface area contributed by atoms with E-state index >= 15 is 0 Å². The number of nitrogens with two attached hydrogens (primary N) is 1. The Morgan fingerprint density at radius 2 is 2.05 bits per heavy atom. The van der Waals surface area contributed by atoms with Gasteiger partial charge in [0.2, 0.25) is 0 Å². The summed E-state index contributed by atoms with van der Waals surface area (Å²) in [5.41, 5.74) is 7.04. The molecule has 4 N–H and O–H groups in total. The van der Waals surface area contributed by atoms with E-state index in [1.54, 1.807) is 0 Å². The molecule has 1 saturated carbocycles. The summed E-state index contributed by atoms with van der Waals surface area (Å²) < 4.78 is 5.26. The van der Waals surface area contributed by atoms with Crippen molar-refractivity contribution in [2.24, 2.45) is 11.7 Å². The first kappa shape index (κ1) is 16.6. The molecule has 5 heteroatoms. The molecule has 1 fully saturated rings. The Hall–Kier alpha value is -1.75. The molecule has 1 amide bonds. The summed E-state index contributed by atoms with van der Waals surface area (Å²) >= 11 is 0. The average molecular weight is 305 g/mol. The Morgan fingerprint density at radius 3 is 2.73 bits per heavy atom. The molecule has 0 heterocycles. The number of carbonyl (C=O) groups is 1. The first-order chi connectivity index (χ1) is 10.4. The molecular weight excluding hydrogens is 278 g/mol. The molecule has 1 aromatic rings. The van der Waals surface area contributed by atoms with Gasteiger partial charge in [0.25, 0.3) is 0 Å². The number of rotatable bonds is 4. The molecule has 122 valence electrons. The van der Waals surface area contributed by atoms with Gasteiger partial charge < -0.3 is 15.8 Å². The molecule has 1 aromatic carbocycles. The summed E-state index contributed by atoms with van der Waals surface area (Å²) in [4.78, 5) is 11.8. The summed E-state index contributed by atoms with van der Waals surface area (Å²) in [6.45, 7) is 6.25. The molecule has 2 atom stereocenters. The summed E-state index contributed by atoms with van der Waals surface area (Å²) in [5.74, 6) is 0.530. The number of amides is 1. The second-order valence-electron chi connectivity index (χ2n) is 6.89. The van der Waals surface area contributed by atoms with Crippen LogP contribution in [0.15, 0.2) is 24.3 Å². The third-order valence-corrected chi connectivity index (χ3v) is 3.82. The fourth-order valence-electron chi connectivity index (χ4n) is 2.83. The van der Waals surface area contributed by atoms with E-state index < -0.39 is 11.7 Å². The van der Waals surface area contributed by atoms with Crippen LogP contribution in [0.2, 0.25) is 0 Å². The van der Waals surface area contributed by atoms with Gasteiger partial charge in [-0.3, -0.25) is 5.32 Å². The van der Waals surface area contributed by atoms with Crippen molar-refractivity contribution in [1.29, 1.82) is 0 Å². The molecule has 0 saturated heterocycles. The van der Waals surface area contributed by atoms with Crippen LogP contribution in [-0.4, -0.2) is 24.3 Å². The lowest BCUT2D eigenvalue weighted by Gasteiger charge is -2.22. The van der Waals surface area contributed by atoms with E-state index in [-0.39, 0.29) is 0 Å². The van der Waals surface area contributed by atoms with Gasteiger partial charge in [-0.15, -0.1) is 0 Å². The molecule has 0 spiro atoms. The Balaban J connectivity index is 1.96. The van der Waals surface area contributed by atoms with E-state index in [0.29, 0.717) is 18.5 Å². The molecule has 0 bridgehead atoms. The van der Waals surface area contributed by atoms with E-state index in [0.717, 1.165) is 17.8 Å². The van der Waals surface area contributed by atoms with Gasteiger partial charge in [-0.2, -0.15) is 0 Å². The van der Waals surface area contributed by atoms with Crippen LogP contribution in [0.4, 0.5) is 16.2 Å². The van der Waals surface area contributed by atoms with Crippen molar-refractivity contribution in [2.45, 2.75) is 51.7 Å². The average Bonchev–Trinajstić information content (AvgIpc) is 2.84. The summed E-state index contributed by atoms with van der Waals surface area (Å²) in [5, 5.41) is 6.29. The van der Waals surface area contributed by atoms with Crippen molar-refractivity contribution >= 4 is 17.5 Å². The van der Waals surface area contributed by atoms with Crippen molar-refractivity contribution in [3.8, 4) is 0 Å². The van der Waals surface area contributed by atoms with Gasteiger partial charge in [-0.05, 0) is 64.3 Å². The first-order valence-corrected chi connectivity index (χ1v) is 7.94. The van der Waals surface area contributed by atoms with Gasteiger partial charge in [0.15, 0.2) is 0 Å². The quantitative estimate of drug-likeness (QED) is 0.794. The number of hydrogen-bond donors (Lipinski definition) is 3. The highest BCUT2D eigenvalue weighted by atomic mass is 16.6. The summed E-state index contributed by atoms with van der Waals surface area (Å²) in [6, 6.07) is 8.12. The molecular formula is C17H27N3O2. The first-order valence-electron chi connectivity index (χ1n) is 7.94. The minimum Gasteiger partial charge on any atom is -0.444 e. The number of hydrogen-bond acceptors (Lipinski definition) is 4. The third kappa shape index (κ3) is 4.91. The highest BCUT2D eigenvalue weighted by molar-refractivity contribution is 5.85. The molecule has 1 aliphatic carbocycles. The summed E-state index contributed by atoms with van der Waals surface area (Å²) in [6.07, 6.45) is 3.11. The Kier molecular flexibility index (Phi) is 5.29. The lowest BCUT2D eigenvalue weighted by molar-refractivity contribution is 0.0636. The van der Waals surface area contributed by atoms with Crippen molar-refractivity contribution in [3.63, 3.8) is 0 Å². The molecule has 0 aliphatic heterocycles. The third-order valence-electron chi connectivity index (χ3n) is 3.82. The lowest BCUT2D eigenvalue weighted by atomic mass is 10.0. The van der Waals surface area contributed by atoms with Gasteiger partial charge >= 0.3 is 6.09 Å². The van der Waals surface area contributed by atoms with Crippen LogP contribution in [0.3, 0.4) is 0 Å². The van der Waals surface area contributed by atoms with Crippen LogP contribution in [0.1, 0.15) is 40.0 Å². The molecule has 0 aromatic heterocycles. The number of anilines is 2. The van der Waals surface area contributed by atoms with Gasteiger partial charge in [-0.1, -0.05) is 12.5 Å². The maximum atomic E-state index is 11.8. The summed E-state index contributed by atoms with van der Waals surface area (Å²) in [7, 11) is 0. The Labute approximate surface area is 132 Å². The van der Waals surface area contributed by atoms with Gasteiger partial charge in [-0.25, -0.2) is 4.79 Å². The number of ether oxygens (including phenoxy) is 1. The zero-order valence-corrected chi connectivity index (χ0v) is 13.7. The van der Waals surface area contributed by atoms with Crippen LogP contribution in [-0.2, 0) is 4.74 Å². The van der Waals surface area contributed by atoms with Crippen LogP contribution < -0.4 is 16.4 Å². The largest absolute Gasteiger partial charge is 0.444 e. The van der Waals surface area contributed by atoms with E-state index in [4.69, 9.17) is 10.5 Å². The second kappa shape index (κ2) is 7.01. The van der Waals surface area contributed by atoms with Gasteiger partial charge in [0.05, 0.1) is 0 Å². The van der Waals surface area contributed by atoms with Crippen LogP contribution >= 0.6 is 0 Å². The fraction of sp³-hybridized carbons (Fsp3) is 0.588. The number of nitrogens with one attached hydrogen (secondary N) is 2. The normalized spacial score (nSPS) is 21.5. The number of benzene rings is 1. The zero-order chi connectivity index (χ0) is 16.2. The predicted octanol–water partition coefficient (Wildman–Crippen LogP) is 3.57. The smallest absolute Gasteiger partial charge is 0.412 e. The molecule has 22 heavy (non-hydrogen) atoms. The van der Waals surface area contributed by atoms with Gasteiger partial charge in [0.1, 0.15) is 5.60 Å². The van der Waals surface area contributed by atoms with E-state index in [1.807, 2.05) is 45.0 Å². The maximum Gasteiger partial charge on any atom is 0.412 e. The molecule has 5 nitrogen and oxygen atoms in total. The molecule has 1 aliphatic rings. The highest BCUT2D eigenvalue weighted by Crippen LogP contribution is 2.28. The number of carbonyl (C=O) groups excluding carboxylic acids is 1. The molecule has 2 unspecified atom stereocenters. The topological polar surface area (TPSA) is 76.4 Å². The van der Waals surface area contributed by atoms with Crippen molar-refractivity contribution in [2.75, 3.05) is 17.2 Å². The molecule has 0 radical (unpaired) electrons. The second-order valence-corrected chi connectivity index (χ2v) is 6.89. The molecule has 2 rings (SSSR count). The predicted molar refractivity (Wildman–Crippen MR) is 90.1 cm³/mol. The van der Waals surface area contributed by atoms with E-state index in [2.05, 4.69) is 10.6 Å². The highest BCUT2D eigenvalue weighted by Gasteiger charge is 2.25. The standard InChI is InChI=1S/C17H27N3O2/c1-17(2,3)22-16(21)20-14-8-5-7-13(10-14)19-15-9-4-6-12(15)11-18/h5,7-8,10,12,15,19H,4,6,9,11,18H2,1-3H3,(H,20,21). The Bertz CT molecular complexity index is 511. The van der Waals surface area contributed by atoms with Crippen LogP contribution in [0, 0.1) is 5.92 Å². The van der Waals surface area contributed by atoms with Crippen LogP contribution in [0.5, 0.6) is 0 Å². The minimum absolute atomic E-state index is 0.418. The lowest BCUT2D eigenvalue weighted by Crippen LogP contribution is -2.29. The fourth-order valence-corrected chi connectivity index (χ4v) is 2.83. The van der Waals surface area contributed by atoms with E-state index in [1.165, 1.54) is 12.8 Å². The monoisotopic (exact) mass is 305 g/mol. The SMILES string of the molecule is CC(C)(C)OC(=O)Nc1cccc(NC2CCCC2CN)c1. The maximum absolute atomic E-state index is 11.8. The zero-order valence-electron chi connectivity index (χ0n) is 13.7. The minimum atomic E-state index is -0.502. The van der Waals surface area contributed by atoms with Crippen molar-refractivity contribution < 1.29 is 9.53 Å². The van der Waals surface area contributed by atoms with Crippen LogP contribution in [0.25, 0.3) is 0 Å². The Morgan fingerprint density at radius 1 is 1.32 bits per heavy atom. The van der Waals surface area contributed by atoms with E-state index in [9.17, 15) is 4.79 Å². The van der Waals surface area contributed by atoms with Gasteiger partial charge in [0, 0.05) is 17.4 Å². The van der Waals surface area contributed by atoms with Crippen molar-refractivity contribution in [1.82, 2.24) is 0 Å².